The number of hydrogen-bond acceptors (Lipinski definition) is 1. The fraction of sp³-hybridized carbons (Fsp3) is 1.00. The van der Waals surface area contributed by atoms with E-state index in [2.05, 4.69) is 19.2 Å². The molecule has 12 heavy (non-hydrogen) atoms. The van der Waals surface area contributed by atoms with Gasteiger partial charge in [0.15, 0.2) is 0 Å². The van der Waals surface area contributed by atoms with Gasteiger partial charge in [0.1, 0.15) is 0 Å². The topological polar surface area (TPSA) is 12.0 Å². The largest absolute Gasteiger partial charge is 0.311 e. The number of piperidine rings is 1. The summed E-state index contributed by atoms with van der Waals surface area (Å²) < 4.78 is 0. The van der Waals surface area contributed by atoms with Crippen LogP contribution in [0.25, 0.3) is 0 Å². The molecule has 2 rings (SSSR count). The molecule has 0 aromatic rings. The molecule has 0 aromatic carbocycles. The summed E-state index contributed by atoms with van der Waals surface area (Å²) >= 11 is 0. The molecule has 0 amide bonds. The minimum Gasteiger partial charge on any atom is -0.311 e. The molecular weight excluding hydrogens is 146 g/mol. The minimum absolute atomic E-state index is 0.567. The first-order valence-electron chi connectivity index (χ1n) is 5.47. The molecule has 1 N–H and O–H groups in total. The van der Waals surface area contributed by atoms with E-state index in [1.54, 1.807) is 0 Å². The average molecular weight is 167 g/mol. The zero-order valence-corrected chi connectivity index (χ0v) is 8.40. The van der Waals surface area contributed by atoms with Crippen molar-refractivity contribution in [1.29, 1.82) is 0 Å². The van der Waals surface area contributed by atoms with Crippen LogP contribution in [0.1, 0.15) is 46.0 Å². The van der Waals surface area contributed by atoms with Gasteiger partial charge in [-0.15, -0.1) is 0 Å². The third kappa shape index (κ3) is 1.39. The molecule has 1 heteroatoms. The third-order valence-corrected chi connectivity index (χ3v) is 3.98. The van der Waals surface area contributed by atoms with E-state index in [1.807, 2.05) is 0 Å². The molecule has 1 spiro atoms. The minimum atomic E-state index is 0.567. The highest BCUT2D eigenvalue weighted by Gasteiger charge is 2.41. The molecule has 70 valence electrons. The molecule has 1 saturated heterocycles. The summed E-state index contributed by atoms with van der Waals surface area (Å²) in [5, 5.41) is 3.76. The monoisotopic (exact) mass is 167 g/mol. The van der Waals surface area contributed by atoms with Gasteiger partial charge in [-0.3, -0.25) is 0 Å². The van der Waals surface area contributed by atoms with Crippen LogP contribution < -0.4 is 5.32 Å². The Hall–Kier alpha value is -0.0400. The van der Waals surface area contributed by atoms with Crippen LogP contribution in [-0.4, -0.2) is 12.1 Å². The maximum absolute atomic E-state index is 3.76. The predicted octanol–water partition coefficient (Wildman–Crippen LogP) is 2.56. The second-order valence-corrected chi connectivity index (χ2v) is 5.03. The molecule has 1 heterocycles. The van der Waals surface area contributed by atoms with Gasteiger partial charge in [-0.25, -0.2) is 0 Å². The van der Waals surface area contributed by atoms with Crippen molar-refractivity contribution < 1.29 is 0 Å². The summed E-state index contributed by atoms with van der Waals surface area (Å²) in [6.45, 7) is 6.09. The van der Waals surface area contributed by atoms with Crippen LogP contribution in [0, 0.1) is 11.8 Å². The molecule has 1 saturated carbocycles. The highest BCUT2D eigenvalue weighted by atomic mass is 15.0. The van der Waals surface area contributed by atoms with Crippen molar-refractivity contribution in [2.75, 3.05) is 6.54 Å². The maximum atomic E-state index is 3.76. The van der Waals surface area contributed by atoms with Gasteiger partial charge >= 0.3 is 0 Å². The Labute approximate surface area is 75.9 Å². The fourth-order valence-electron chi connectivity index (χ4n) is 3.10. The van der Waals surface area contributed by atoms with E-state index < -0.39 is 0 Å². The van der Waals surface area contributed by atoms with Crippen molar-refractivity contribution in [3.05, 3.63) is 0 Å². The van der Waals surface area contributed by atoms with Gasteiger partial charge in [-0.05, 0) is 44.1 Å². The van der Waals surface area contributed by atoms with Gasteiger partial charge in [0, 0.05) is 5.54 Å². The van der Waals surface area contributed by atoms with Crippen LogP contribution in [-0.2, 0) is 0 Å². The Bertz CT molecular complexity index is 146. The third-order valence-electron chi connectivity index (χ3n) is 3.98. The fourth-order valence-corrected chi connectivity index (χ4v) is 3.10. The second kappa shape index (κ2) is 3.02. The van der Waals surface area contributed by atoms with Gasteiger partial charge in [-0.2, -0.15) is 0 Å². The first-order chi connectivity index (χ1) is 5.72. The van der Waals surface area contributed by atoms with E-state index in [9.17, 15) is 0 Å². The van der Waals surface area contributed by atoms with Gasteiger partial charge in [0.05, 0.1) is 0 Å². The first kappa shape index (κ1) is 8.55. The van der Waals surface area contributed by atoms with Crippen LogP contribution in [0.4, 0.5) is 0 Å². The molecule has 0 bridgehead atoms. The summed E-state index contributed by atoms with van der Waals surface area (Å²) in [7, 11) is 0. The molecule has 2 aliphatic rings. The van der Waals surface area contributed by atoms with Gasteiger partial charge in [0.25, 0.3) is 0 Å². The molecular formula is C11H21N. The Morgan fingerprint density at radius 3 is 2.25 bits per heavy atom. The SMILES string of the molecule is CC1CC2(CCCCN2)CC1C. The lowest BCUT2D eigenvalue weighted by atomic mass is 9.86. The molecule has 2 fully saturated rings. The molecule has 1 aliphatic heterocycles. The van der Waals surface area contributed by atoms with Crippen molar-refractivity contribution in [3.8, 4) is 0 Å². The molecule has 1 aliphatic carbocycles. The van der Waals surface area contributed by atoms with Crippen molar-refractivity contribution >= 4 is 0 Å². The lowest BCUT2D eigenvalue weighted by Crippen LogP contribution is -2.46. The predicted molar refractivity (Wildman–Crippen MR) is 52.1 cm³/mol. The van der Waals surface area contributed by atoms with Gasteiger partial charge < -0.3 is 5.32 Å². The standard InChI is InChI=1S/C11H21N/c1-9-7-11(8-10(9)2)5-3-4-6-12-11/h9-10,12H,3-8H2,1-2H3. The van der Waals surface area contributed by atoms with Crippen LogP contribution in [0.15, 0.2) is 0 Å². The van der Waals surface area contributed by atoms with E-state index in [0.717, 1.165) is 11.8 Å². The summed E-state index contributed by atoms with van der Waals surface area (Å²) in [5.41, 5.74) is 0.567. The van der Waals surface area contributed by atoms with Crippen LogP contribution in [0.3, 0.4) is 0 Å². The quantitative estimate of drug-likeness (QED) is 0.584. The zero-order valence-electron chi connectivity index (χ0n) is 8.40. The number of nitrogens with one attached hydrogen (secondary N) is 1. The van der Waals surface area contributed by atoms with Crippen molar-refractivity contribution in [1.82, 2.24) is 5.32 Å². The van der Waals surface area contributed by atoms with E-state index in [0.29, 0.717) is 5.54 Å². The lowest BCUT2D eigenvalue weighted by molar-refractivity contribution is 0.251. The Kier molecular flexibility index (Phi) is 2.16. The van der Waals surface area contributed by atoms with Crippen LogP contribution >= 0.6 is 0 Å². The summed E-state index contributed by atoms with van der Waals surface area (Å²) in [4.78, 5) is 0. The smallest absolute Gasteiger partial charge is 0.0186 e. The van der Waals surface area contributed by atoms with E-state index in [1.165, 1.54) is 38.6 Å². The molecule has 2 atom stereocenters. The van der Waals surface area contributed by atoms with E-state index in [-0.39, 0.29) is 0 Å². The Morgan fingerprint density at radius 2 is 1.75 bits per heavy atom. The highest BCUT2D eigenvalue weighted by Crippen LogP contribution is 2.42. The maximum Gasteiger partial charge on any atom is 0.0186 e. The molecule has 2 unspecified atom stereocenters. The Morgan fingerprint density at radius 1 is 1.08 bits per heavy atom. The summed E-state index contributed by atoms with van der Waals surface area (Å²) in [6, 6.07) is 0. The lowest BCUT2D eigenvalue weighted by Gasteiger charge is -2.35. The van der Waals surface area contributed by atoms with Crippen molar-refractivity contribution in [2.24, 2.45) is 11.8 Å². The van der Waals surface area contributed by atoms with Crippen LogP contribution in [0.2, 0.25) is 0 Å². The summed E-state index contributed by atoms with van der Waals surface area (Å²) in [6.07, 6.45) is 7.13. The second-order valence-electron chi connectivity index (χ2n) is 5.03. The van der Waals surface area contributed by atoms with E-state index >= 15 is 0 Å². The van der Waals surface area contributed by atoms with E-state index in [4.69, 9.17) is 0 Å². The highest BCUT2D eigenvalue weighted by molar-refractivity contribution is 4.99. The summed E-state index contributed by atoms with van der Waals surface area (Å²) in [5.74, 6) is 1.88. The van der Waals surface area contributed by atoms with Crippen molar-refractivity contribution in [3.63, 3.8) is 0 Å². The zero-order chi connectivity index (χ0) is 8.60. The normalized spacial score (nSPS) is 48.5. The molecule has 0 radical (unpaired) electrons. The Balaban J connectivity index is 2.02. The van der Waals surface area contributed by atoms with Crippen molar-refractivity contribution in [2.45, 2.75) is 51.5 Å². The van der Waals surface area contributed by atoms with Crippen LogP contribution in [0.5, 0.6) is 0 Å². The molecule has 1 nitrogen and oxygen atoms in total. The number of hydrogen-bond donors (Lipinski definition) is 1. The van der Waals surface area contributed by atoms with Gasteiger partial charge in [0.2, 0.25) is 0 Å². The molecule has 0 aromatic heterocycles. The average Bonchev–Trinajstić information content (AvgIpc) is 2.29. The first-order valence-corrected chi connectivity index (χ1v) is 5.47. The van der Waals surface area contributed by atoms with Gasteiger partial charge in [-0.1, -0.05) is 20.3 Å². The number of rotatable bonds is 0.